The van der Waals surface area contributed by atoms with Gasteiger partial charge in [0.05, 0.1) is 5.70 Å². The SMILES string of the molecule is NC1=C=CCC2=C(/C=C\1)C1(OC2=O)c2ccc(O)cc2Oc2cc(O)ccc21. The molecule has 2 aliphatic heterocycles. The average molecular weight is 373 g/mol. The molecule has 0 amide bonds. The summed E-state index contributed by atoms with van der Waals surface area (Å²) >= 11 is 0. The summed E-state index contributed by atoms with van der Waals surface area (Å²) in [6.07, 6.45) is 5.45. The number of carbonyl (C=O) groups is 1. The number of fused-ring (bicyclic) bond motifs is 5. The zero-order valence-corrected chi connectivity index (χ0v) is 14.6. The summed E-state index contributed by atoms with van der Waals surface area (Å²) in [5, 5.41) is 19.9. The summed E-state index contributed by atoms with van der Waals surface area (Å²) < 4.78 is 11.9. The molecule has 0 fully saturated rings. The van der Waals surface area contributed by atoms with Crippen LogP contribution in [0.4, 0.5) is 0 Å². The van der Waals surface area contributed by atoms with Gasteiger partial charge in [0.25, 0.3) is 0 Å². The van der Waals surface area contributed by atoms with Gasteiger partial charge in [-0.05, 0) is 36.4 Å². The summed E-state index contributed by atoms with van der Waals surface area (Å²) in [5.74, 6) is 0.264. The average Bonchev–Trinajstić information content (AvgIpc) is 2.89. The van der Waals surface area contributed by atoms with Crippen LogP contribution in [0.5, 0.6) is 23.0 Å². The second-order valence-corrected chi connectivity index (χ2v) is 6.77. The lowest BCUT2D eigenvalue weighted by Gasteiger charge is -2.37. The zero-order chi connectivity index (χ0) is 19.5. The normalized spacial score (nSPS) is 19.6. The number of rotatable bonds is 0. The van der Waals surface area contributed by atoms with E-state index in [4.69, 9.17) is 15.2 Å². The number of hydrogen-bond acceptors (Lipinski definition) is 6. The predicted octanol–water partition coefficient (Wildman–Crippen LogP) is 3.26. The van der Waals surface area contributed by atoms with Crippen LogP contribution in [0.1, 0.15) is 17.5 Å². The van der Waals surface area contributed by atoms with E-state index in [1.807, 2.05) is 0 Å². The maximum Gasteiger partial charge on any atom is 0.336 e. The van der Waals surface area contributed by atoms with E-state index in [1.165, 1.54) is 24.3 Å². The lowest BCUT2D eigenvalue weighted by Crippen LogP contribution is -2.33. The van der Waals surface area contributed by atoms with Gasteiger partial charge in [-0.25, -0.2) is 4.79 Å². The van der Waals surface area contributed by atoms with Crippen LogP contribution in [-0.4, -0.2) is 16.2 Å². The highest BCUT2D eigenvalue weighted by molar-refractivity contribution is 5.96. The maximum absolute atomic E-state index is 12.8. The van der Waals surface area contributed by atoms with Crippen LogP contribution in [0.25, 0.3) is 0 Å². The molecule has 4 N–H and O–H groups in total. The summed E-state index contributed by atoms with van der Waals surface area (Å²) in [4.78, 5) is 12.8. The van der Waals surface area contributed by atoms with Crippen LogP contribution in [0, 0.1) is 0 Å². The Hall–Kier alpha value is -3.89. The van der Waals surface area contributed by atoms with E-state index < -0.39 is 11.6 Å². The maximum atomic E-state index is 12.8. The molecule has 6 heteroatoms. The van der Waals surface area contributed by atoms with E-state index in [0.29, 0.717) is 45.9 Å². The first kappa shape index (κ1) is 16.3. The summed E-state index contributed by atoms with van der Waals surface area (Å²) in [6, 6.07) is 9.29. The number of phenolic OH excluding ortho intramolecular Hbond substituents is 2. The van der Waals surface area contributed by atoms with E-state index >= 15 is 0 Å². The molecule has 6 nitrogen and oxygen atoms in total. The minimum atomic E-state index is -1.27. The van der Waals surface area contributed by atoms with Crippen molar-refractivity contribution in [2.24, 2.45) is 5.73 Å². The van der Waals surface area contributed by atoms with Crippen molar-refractivity contribution in [1.29, 1.82) is 0 Å². The number of nitrogens with two attached hydrogens (primary N) is 1. The van der Waals surface area contributed by atoms with Crippen molar-refractivity contribution in [2.45, 2.75) is 12.0 Å². The van der Waals surface area contributed by atoms with Gasteiger partial charge in [-0.2, -0.15) is 0 Å². The van der Waals surface area contributed by atoms with Crippen LogP contribution in [0.15, 0.2) is 77.2 Å². The molecule has 3 aliphatic rings. The van der Waals surface area contributed by atoms with Crippen molar-refractivity contribution in [3.63, 3.8) is 0 Å². The van der Waals surface area contributed by atoms with Crippen molar-refractivity contribution in [1.82, 2.24) is 0 Å². The highest BCUT2D eigenvalue weighted by Gasteiger charge is 2.54. The molecule has 5 rings (SSSR count). The first-order chi connectivity index (χ1) is 13.5. The summed E-state index contributed by atoms with van der Waals surface area (Å²) in [7, 11) is 0. The third-order valence-corrected chi connectivity index (χ3v) is 5.11. The molecule has 1 aliphatic carbocycles. The van der Waals surface area contributed by atoms with Crippen LogP contribution in [-0.2, 0) is 15.1 Å². The number of aromatic hydroxyl groups is 2. The Balaban J connectivity index is 1.86. The quantitative estimate of drug-likeness (QED) is 0.484. The molecule has 0 bridgehead atoms. The molecule has 1 spiro atoms. The highest BCUT2D eigenvalue weighted by atomic mass is 16.6. The topological polar surface area (TPSA) is 102 Å². The fraction of sp³-hybridized carbons (Fsp3) is 0.0909. The Labute approximate surface area is 160 Å². The minimum Gasteiger partial charge on any atom is -0.508 e. The van der Waals surface area contributed by atoms with Crippen LogP contribution >= 0.6 is 0 Å². The van der Waals surface area contributed by atoms with E-state index in [9.17, 15) is 15.0 Å². The monoisotopic (exact) mass is 373 g/mol. The van der Waals surface area contributed by atoms with Crippen molar-refractivity contribution < 1.29 is 24.5 Å². The Morgan fingerprint density at radius 2 is 1.64 bits per heavy atom. The van der Waals surface area contributed by atoms with Gasteiger partial charge in [0.1, 0.15) is 23.0 Å². The standard InChI is InChI=1S/C22H15NO5/c23-12-2-1-3-15-16(7-4-12)22(28-21(15)26)17-8-5-13(24)10-19(17)27-20-11-14(25)6-9-18(20)22/h1,4-11,24-25H,3,23H2/b7-4-. The molecule has 28 heavy (non-hydrogen) atoms. The van der Waals surface area contributed by atoms with Gasteiger partial charge >= 0.3 is 5.97 Å². The van der Waals surface area contributed by atoms with Crippen LogP contribution in [0.2, 0.25) is 0 Å². The lowest BCUT2D eigenvalue weighted by atomic mass is 9.76. The second-order valence-electron chi connectivity index (χ2n) is 6.77. The first-order valence-corrected chi connectivity index (χ1v) is 8.69. The molecule has 0 saturated carbocycles. The molecule has 0 aromatic heterocycles. The molecule has 0 radical (unpaired) electrons. The van der Waals surface area contributed by atoms with Crippen molar-refractivity contribution in [3.8, 4) is 23.0 Å². The molecular weight excluding hydrogens is 358 g/mol. The Morgan fingerprint density at radius 1 is 1.00 bits per heavy atom. The first-order valence-electron chi connectivity index (χ1n) is 8.69. The van der Waals surface area contributed by atoms with Crippen molar-refractivity contribution in [3.05, 3.63) is 88.3 Å². The Morgan fingerprint density at radius 3 is 2.29 bits per heavy atom. The smallest absolute Gasteiger partial charge is 0.336 e. The molecular formula is C22H15NO5. The van der Waals surface area contributed by atoms with E-state index in [2.05, 4.69) is 5.73 Å². The molecule has 0 atom stereocenters. The van der Waals surface area contributed by atoms with Gasteiger partial charge in [-0.1, -0.05) is 11.8 Å². The number of esters is 1. The zero-order valence-electron chi connectivity index (χ0n) is 14.6. The molecule has 138 valence electrons. The summed E-state index contributed by atoms with van der Waals surface area (Å²) in [5.41, 5.74) is 10.3. The highest BCUT2D eigenvalue weighted by Crippen LogP contribution is 2.57. The van der Waals surface area contributed by atoms with Gasteiger partial charge in [0, 0.05) is 40.8 Å². The number of allylic oxidation sites excluding steroid dienone is 1. The van der Waals surface area contributed by atoms with Crippen molar-refractivity contribution in [2.75, 3.05) is 0 Å². The Kier molecular flexibility index (Phi) is 3.23. The van der Waals surface area contributed by atoms with Crippen molar-refractivity contribution >= 4 is 5.97 Å². The fourth-order valence-electron chi connectivity index (χ4n) is 3.92. The summed E-state index contributed by atoms with van der Waals surface area (Å²) in [6.45, 7) is 0. The third-order valence-electron chi connectivity index (χ3n) is 5.11. The number of carbonyl (C=O) groups excluding carboxylic acids is 1. The molecule has 2 heterocycles. The van der Waals surface area contributed by atoms with Crippen LogP contribution < -0.4 is 10.5 Å². The number of ether oxygens (including phenoxy) is 2. The largest absolute Gasteiger partial charge is 0.508 e. The molecule has 2 aromatic rings. The van der Waals surface area contributed by atoms with Gasteiger partial charge < -0.3 is 25.4 Å². The Bertz CT molecular complexity index is 1130. The van der Waals surface area contributed by atoms with Crippen LogP contribution in [0.3, 0.4) is 0 Å². The number of hydrogen-bond donors (Lipinski definition) is 3. The lowest BCUT2D eigenvalue weighted by molar-refractivity contribution is -0.145. The van der Waals surface area contributed by atoms with E-state index in [1.54, 1.807) is 30.4 Å². The van der Waals surface area contributed by atoms with E-state index in [-0.39, 0.29) is 11.5 Å². The number of phenols is 2. The van der Waals surface area contributed by atoms with Gasteiger partial charge in [0.2, 0.25) is 0 Å². The molecule has 0 unspecified atom stereocenters. The minimum absolute atomic E-state index is 0.0133. The molecule has 2 aromatic carbocycles. The van der Waals surface area contributed by atoms with Gasteiger partial charge in [-0.15, -0.1) is 0 Å². The second kappa shape index (κ2) is 5.55. The predicted molar refractivity (Wildman–Crippen MR) is 99.7 cm³/mol. The number of benzene rings is 2. The van der Waals surface area contributed by atoms with E-state index in [0.717, 1.165) is 0 Å². The van der Waals surface area contributed by atoms with Gasteiger partial charge in [-0.3, -0.25) is 0 Å². The third kappa shape index (κ3) is 2.12. The van der Waals surface area contributed by atoms with Gasteiger partial charge in [0.15, 0.2) is 5.60 Å². The molecule has 0 saturated heterocycles. The fourth-order valence-corrected chi connectivity index (χ4v) is 3.92.